The summed E-state index contributed by atoms with van der Waals surface area (Å²) >= 11 is 0. The predicted molar refractivity (Wildman–Crippen MR) is 79.9 cm³/mol. The topological polar surface area (TPSA) is 79.8 Å². The number of rotatable bonds is 3. The average Bonchev–Trinajstić information content (AvgIpc) is 2.83. The quantitative estimate of drug-likeness (QED) is 0.746. The van der Waals surface area contributed by atoms with Gasteiger partial charge in [0, 0.05) is 12.6 Å². The average molecular weight is 294 g/mol. The van der Waals surface area contributed by atoms with Crippen molar-refractivity contribution >= 4 is 11.8 Å². The molecular formula is C15H22N2O4. The van der Waals surface area contributed by atoms with Crippen LogP contribution in [0.3, 0.4) is 0 Å². The molecule has 1 unspecified atom stereocenters. The summed E-state index contributed by atoms with van der Waals surface area (Å²) < 4.78 is 10.9. The molecule has 1 aliphatic rings. The summed E-state index contributed by atoms with van der Waals surface area (Å²) in [6.45, 7) is 7.07. The second kappa shape index (κ2) is 6.22. The highest BCUT2D eigenvalue weighted by Crippen LogP contribution is 2.29. The van der Waals surface area contributed by atoms with Crippen molar-refractivity contribution in [2.24, 2.45) is 0 Å². The molecule has 0 spiro atoms. The Bertz CT molecular complexity index is 505. The van der Waals surface area contributed by atoms with Gasteiger partial charge in [0.2, 0.25) is 0 Å². The summed E-state index contributed by atoms with van der Waals surface area (Å²) in [5, 5.41) is 15.7. The Morgan fingerprint density at radius 1 is 1.43 bits per heavy atom. The van der Waals surface area contributed by atoms with Gasteiger partial charge in [-0.1, -0.05) is 0 Å². The van der Waals surface area contributed by atoms with Gasteiger partial charge in [0.15, 0.2) is 0 Å². The van der Waals surface area contributed by atoms with Crippen molar-refractivity contribution in [3.8, 4) is 11.5 Å². The molecule has 1 aliphatic heterocycles. The number of hydrogen-bond acceptors (Lipinski definition) is 5. The van der Waals surface area contributed by atoms with Gasteiger partial charge < -0.3 is 19.9 Å². The number of aromatic hydroxyl groups is 1. The number of carbonyl (C=O) groups excluding carboxylic acids is 1. The van der Waals surface area contributed by atoms with Crippen LogP contribution in [0, 0.1) is 0 Å². The highest BCUT2D eigenvalue weighted by Gasteiger charge is 2.19. The number of amides is 1. The molecule has 6 heteroatoms. The van der Waals surface area contributed by atoms with Gasteiger partial charge in [-0.3, -0.25) is 5.32 Å². The minimum atomic E-state index is -0.605. The molecule has 0 aromatic heterocycles. The number of benzene rings is 1. The van der Waals surface area contributed by atoms with E-state index in [0.717, 1.165) is 19.5 Å². The zero-order valence-corrected chi connectivity index (χ0v) is 12.6. The fourth-order valence-electron chi connectivity index (χ4n) is 2.03. The monoisotopic (exact) mass is 294 g/mol. The van der Waals surface area contributed by atoms with E-state index >= 15 is 0 Å². The van der Waals surface area contributed by atoms with Crippen LogP contribution >= 0.6 is 0 Å². The summed E-state index contributed by atoms with van der Waals surface area (Å²) in [4.78, 5) is 11.7. The third kappa shape index (κ3) is 4.82. The first-order valence-corrected chi connectivity index (χ1v) is 7.04. The van der Waals surface area contributed by atoms with Crippen LogP contribution in [0.15, 0.2) is 18.2 Å². The Hall–Kier alpha value is -1.95. The van der Waals surface area contributed by atoms with Gasteiger partial charge in [-0.15, -0.1) is 0 Å². The standard InChI is InChI=1S/C15H22N2O4/c1-15(2,3)21-14(19)17-12-5-4-10(8-13(12)18)20-11-6-7-16-9-11/h4-5,8,11,16,18H,6-7,9H2,1-3H3,(H,17,19). The lowest BCUT2D eigenvalue weighted by Crippen LogP contribution is -2.27. The number of anilines is 1. The van der Waals surface area contributed by atoms with Crippen molar-refractivity contribution in [2.45, 2.75) is 38.9 Å². The van der Waals surface area contributed by atoms with E-state index in [0.29, 0.717) is 11.4 Å². The summed E-state index contributed by atoms with van der Waals surface area (Å²) in [5.74, 6) is 0.528. The second-order valence-electron chi connectivity index (χ2n) is 6.04. The van der Waals surface area contributed by atoms with E-state index in [2.05, 4.69) is 10.6 Å². The van der Waals surface area contributed by atoms with E-state index in [-0.39, 0.29) is 11.9 Å². The second-order valence-corrected chi connectivity index (χ2v) is 6.04. The normalized spacial score (nSPS) is 18.3. The number of phenolic OH excluding ortho intramolecular Hbond substituents is 1. The number of hydrogen-bond donors (Lipinski definition) is 3. The maximum absolute atomic E-state index is 11.7. The highest BCUT2D eigenvalue weighted by atomic mass is 16.6. The molecule has 0 saturated carbocycles. The molecule has 0 radical (unpaired) electrons. The summed E-state index contributed by atoms with van der Waals surface area (Å²) in [5.41, 5.74) is -0.292. The van der Waals surface area contributed by atoms with Crippen LogP contribution in [0.4, 0.5) is 10.5 Å². The van der Waals surface area contributed by atoms with Gasteiger partial charge in [0.05, 0.1) is 5.69 Å². The van der Waals surface area contributed by atoms with Crippen molar-refractivity contribution in [1.29, 1.82) is 0 Å². The van der Waals surface area contributed by atoms with Crippen molar-refractivity contribution in [3.05, 3.63) is 18.2 Å². The van der Waals surface area contributed by atoms with Crippen molar-refractivity contribution < 1.29 is 19.4 Å². The van der Waals surface area contributed by atoms with Crippen LogP contribution in [0.25, 0.3) is 0 Å². The smallest absolute Gasteiger partial charge is 0.412 e. The molecule has 1 fully saturated rings. The molecule has 2 rings (SSSR count). The lowest BCUT2D eigenvalue weighted by molar-refractivity contribution is 0.0635. The third-order valence-corrected chi connectivity index (χ3v) is 2.92. The minimum absolute atomic E-state index is 0.0516. The van der Waals surface area contributed by atoms with E-state index < -0.39 is 11.7 Å². The van der Waals surface area contributed by atoms with Crippen LogP contribution in [0.5, 0.6) is 11.5 Å². The molecular weight excluding hydrogens is 272 g/mol. The van der Waals surface area contributed by atoms with Crippen LogP contribution < -0.4 is 15.4 Å². The first kappa shape index (κ1) is 15.4. The molecule has 1 atom stereocenters. The van der Waals surface area contributed by atoms with Crippen LogP contribution in [-0.2, 0) is 4.74 Å². The molecule has 1 aromatic rings. The predicted octanol–water partition coefficient (Wildman–Crippen LogP) is 2.48. The zero-order valence-electron chi connectivity index (χ0n) is 12.6. The molecule has 1 saturated heterocycles. The number of phenols is 1. The fraction of sp³-hybridized carbons (Fsp3) is 0.533. The van der Waals surface area contributed by atoms with Gasteiger partial charge >= 0.3 is 6.09 Å². The Morgan fingerprint density at radius 2 is 2.19 bits per heavy atom. The van der Waals surface area contributed by atoms with Gasteiger partial charge in [-0.05, 0) is 45.9 Å². The molecule has 1 heterocycles. The Kier molecular flexibility index (Phi) is 4.57. The van der Waals surface area contributed by atoms with Crippen LogP contribution in [-0.4, -0.2) is 36.0 Å². The van der Waals surface area contributed by atoms with E-state index in [9.17, 15) is 9.90 Å². The Labute approximate surface area is 124 Å². The summed E-state index contributed by atoms with van der Waals surface area (Å²) in [6, 6.07) is 4.80. The first-order chi connectivity index (χ1) is 9.83. The van der Waals surface area contributed by atoms with Crippen molar-refractivity contribution in [1.82, 2.24) is 5.32 Å². The summed E-state index contributed by atoms with van der Waals surface area (Å²) in [6.07, 6.45) is 0.458. The number of nitrogens with one attached hydrogen (secondary N) is 2. The fourth-order valence-corrected chi connectivity index (χ4v) is 2.03. The molecule has 6 nitrogen and oxygen atoms in total. The maximum atomic E-state index is 11.7. The molecule has 21 heavy (non-hydrogen) atoms. The first-order valence-electron chi connectivity index (χ1n) is 7.04. The van der Waals surface area contributed by atoms with Crippen LogP contribution in [0.1, 0.15) is 27.2 Å². The maximum Gasteiger partial charge on any atom is 0.412 e. The van der Waals surface area contributed by atoms with E-state index in [4.69, 9.17) is 9.47 Å². The largest absolute Gasteiger partial charge is 0.506 e. The van der Waals surface area contributed by atoms with Crippen LogP contribution in [0.2, 0.25) is 0 Å². The van der Waals surface area contributed by atoms with Crippen molar-refractivity contribution in [2.75, 3.05) is 18.4 Å². The summed E-state index contributed by atoms with van der Waals surface area (Å²) in [7, 11) is 0. The Balaban J connectivity index is 1.96. The van der Waals surface area contributed by atoms with Gasteiger partial charge in [0.25, 0.3) is 0 Å². The van der Waals surface area contributed by atoms with Crippen molar-refractivity contribution in [3.63, 3.8) is 0 Å². The Morgan fingerprint density at radius 3 is 2.76 bits per heavy atom. The lowest BCUT2D eigenvalue weighted by Gasteiger charge is -2.20. The van der Waals surface area contributed by atoms with E-state index in [1.807, 2.05) is 0 Å². The minimum Gasteiger partial charge on any atom is -0.506 e. The molecule has 116 valence electrons. The molecule has 3 N–H and O–H groups in total. The van der Waals surface area contributed by atoms with E-state index in [1.165, 1.54) is 6.07 Å². The lowest BCUT2D eigenvalue weighted by atomic mass is 10.2. The molecule has 1 amide bonds. The third-order valence-electron chi connectivity index (χ3n) is 2.92. The molecule has 1 aromatic carbocycles. The zero-order chi connectivity index (χ0) is 15.5. The van der Waals surface area contributed by atoms with Gasteiger partial charge in [-0.2, -0.15) is 0 Å². The molecule has 0 aliphatic carbocycles. The van der Waals surface area contributed by atoms with E-state index in [1.54, 1.807) is 32.9 Å². The number of carbonyl (C=O) groups is 1. The molecule has 0 bridgehead atoms. The highest BCUT2D eigenvalue weighted by molar-refractivity contribution is 5.87. The SMILES string of the molecule is CC(C)(C)OC(=O)Nc1ccc(OC2CCNC2)cc1O. The number of ether oxygens (including phenoxy) is 2. The van der Waals surface area contributed by atoms with Gasteiger partial charge in [0.1, 0.15) is 23.2 Å². The van der Waals surface area contributed by atoms with Gasteiger partial charge in [-0.25, -0.2) is 4.79 Å².